The van der Waals surface area contributed by atoms with Crippen molar-refractivity contribution in [1.29, 1.82) is 0 Å². The number of nitrogens with two attached hydrogens (primary N) is 1. The standard InChI is InChI=1S/C14H23NO2/c1-4-12(5-2)17-14-11(9-10-15)7-6-8-13(14)16-3/h6-8,12H,4-5,9-10,15H2,1-3H3. The third kappa shape index (κ3) is 3.63. The van der Waals surface area contributed by atoms with Gasteiger partial charge in [0, 0.05) is 0 Å². The maximum atomic E-state index is 6.04. The Labute approximate surface area is 104 Å². The summed E-state index contributed by atoms with van der Waals surface area (Å²) in [6, 6.07) is 5.95. The normalized spacial score (nSPS) is 10.6. The summed E-state index contributed by atoms with van der Waals surface area (Å²) < 4.78 is 11.4. The van der Waals surface area contributed by atoms with E-state index in [1.165, 1.54) is 0 Å². The van der Waals surface area contributed by atoms with E-state index in [0.717, 1.165) is 36.3 Å². The van der Waals surface area contributed by atoms with E-state index in [4.69, 9.17) is 15.2 Å². The summed E-state index contributed by atoms with van der Waals surface area (Å²) in [5.74, 6) is 1.65. The van der Waals surface area contributed by atoms with Gasteiger partial charge in [0.15, 0.2) is 11.5 Å². The highest BCUT2D eigenvalue weighted by Gasteiger charge is 2.14. The Hall–Kier alpha value is -1.22. The SMILES string of the molecule is CCC(CC)Oc1c(CCN)cccc1OC. The van der Waals surface area contributed by atoms with Gasteiger partial charge in [-0.1, -0.05) is 26.0 Å². The van der Waals surface area contributed by atoms with Gasteiger partial charge in [-0.05, 0) is 37.4 Å². The number of hydrogen-bond donors (Lipinski definition) is 1. The smallest absolute Gasteiger partial charge is 0.164 e. The van der Waals surface area contributed by atoms with Gasteiger partial charge < -0.3 is 15.2 Å². The van der Waals surface area contributed by atoms with Crippen molar-refractivity contribution in [3.05, 3.63) is 23.8 Å². The lowest BCUT2D eigenvalue weighted by molar-refractivity contribution is 0.183. The molecular weight excluding hydrogens is 214 g/mol. The summed E-state index contributed by atoms with van der Waals surface area (Å²) in [7, 11) is 1.67. The molecule has 0 fully saturated rings. The van der Waals surface area contributed by atoms with Crippen LogP contribution < -0.4 is 15.2 Å². The highest BCUT2D eigenvalue weighted by molar-refractivity contribution is 5.46. The number of benzene rings is 1. The Bertz CT molecular complexity index is 335. The van der Waals surface area contributed by atoms with Crippen LogP contribution in [0.2, 0.25) is 0 Å². The largest absolute Gasteiger partial charge is 0.493 e. The third-order valence-corrected chi connectivity index (χ3v) is 2.89. The molecule has 0 amide bonds. The van der Waals surface area contributed by atoms with Crippen LogP contribution in [0.1, 0.15) is 32.3 Å². The molecule has 0 saturated carbocycles. The van der Waals surface area contributed by atoms with E-state index in [0.29, 0.717) is 6.54 Å². The Balaban J connectivity index is 2.99. The fraction of sp³-hybridized carbons (Fsp3) is 0.571. The first-order chi connectivity index (χ1) is 8.26. The second-order valence-corrected chi connectivity index (χ2v) is 4.04. The van der Waals surface area contributed by atoms with Crippen LogP contribution in [-0.4, -0.2) is 19.8 Å². The highest BCUT2D eigenvalue weighted by Crippen LogP contribution is 2.32. The topological polar surface area (TPSA) is 44.5 Å². The van der Waals surface area contributed by atoms with Crippen LogP contribution in [0.5, 0.6) is 11.5 Å². The number of rotatable bonds is 7. The number of hydrogen-bond acceptors (Lipinski definition) is 3. The number of ether oxygens (including phenoxy) is 2. The summed E-state index contributed by atoms with van der Waals surface area (Å²) in [6.07, 6.45) is 3.04. The molecule has 1 rings (SSSR count). The molecule has 0 aliphatic heterocycles. The third-order valence-electron chi connectivity index (χ3n) is 2.89. The van der Waals surface area contributed by atoms with E-state index in [2.05, 4.69) is 13.8 Å². The molecule has 0 heterocycles. The van der Waals surface area contributed by atoms with Crippen molar-refractivity contribution in [2.45, 2.75) is 39.2 Å². The van der Waals surface area contributed by atoms with Gasteiger partial charge >= 0.3 is 0 Å². The zero-order valence-electron chi connectivity index (χ0n) is 11.0. The fourth-order valence-corrected chi connectivity index (χ4v) is 1.83. The average Bonchev–Trinajstić information content (AvgIpc) is 2.37. The van der Waals surface area contributed by atoms with E-state index < -0.39 is 0 Å². The summed E-state index contributed by atoms with van der Waals surface area (Å²) in [6.45, 7) is 4.88. The second kappa shape index (κ2) is 7.17. The van der Waals surface area contributed by atoms with Gasteiger partial charge in [0.2, 0.25) is 0 Å². The van der Waals surface area contributed by atoms with Gasteiger partial charge in [0.05, 0.1) is 13.2 Å². The zero-order chi connectivity index (χ0) is 12.7. The van der Waals surface area contributed by atoms with Crippen molar-refractivity contribution in [3.8, 4) is 11.5 Å². The summed E-state index contributed by atoms with van der Waals surface area (Å²) in [5.41, 5.74) is 6.74. The first-order valence-electron chi connectivity index (χ1n) is 6.29. The predicted octanol–water partition coefficient (Wildman–Crippen LogP) is 2.76. The average molecular weight is 237 g/mol. The first-order valence-corrected chi connectivity index (χ1v) is 6.29. The molecule has 2 N–H and O–H groups in total. The molecule has 3 heteroatoms. The molecule has 17 heavy (non-hydrogen) atoms. The maximum Gasteiger partial charge on any atom is 0.164 e. The van der Waals surface area contributed by atoms with Crippen molar-refractivity contribution in [2.24, 2.45) is 5.73 Å². The number of para-hydroxylation sites is 1. The van der Waals surface area contributed by atoms with E-state index in [9.17, 15) is 0 Å². The van der Waals surface area contributed by atoms with Crippen molar-refractivity contribution in [2.75, 3.05) is 13.7 Å². The van der Waals surface area contributed by atoms with Gasteiger partial charge in [-0.25, -0.2) is 0 Å². The molecule has 0 aliphatic carbocycles. The fourth-order valence-electron chi connectivity index (χ4n) is 1.83. The minimum atomic E-state index is 0.239. The molecular formula is C14H23NO2. The molecule has 3 nitrogen and oxygen atoms in total. The van der Waals surface area contributed by atoms with Crippen molar-refractivity contribution < 1.29 is 9.47 Å². The molecule has 0 aliphatic rings. The summed E-state index contributed by atoms with van der Waals surface area (Å²) >= 11 is 0. The van der Waals surface area contributed by atoms with Crippen molar-refractivity contribution >= 4 is 0 Å². The lowest BCUT2D eigenvalue weighted by Gasteiger charge is -2.20. The molecule has 1 aromatic carbocycles. The molecule has 0 spiro atoms. The van der Waals surface area contributed by atoms with Crippen LogP contribution in [-0.2, 0) is 6.42 Å². The Morgan fingerprint density at radius 2 is 1.94 bits per heavy atom. The summed E-state index contributed by atoms with van der Waals surface area (Å²) in [4.78, 5) is 0. The molecule has 0 saturated heterocycles. The van der Waals surface area contributed by atoms with Crippen molar-refractivity contribution in [3.63, 3.8) is 0 Å². The Morgan fingerprint density at radius 1 is 1.24 bits per heavy atom. The minimum Gasteiger partial charge on any atom is -0.493 e. The quantitative estimate of drug-likeness (QED) is 0.793. The molecule has 0 bridgehead atoms. The van der Waals surface area contributed by atoms with Gasteiger partial charge in [0.1, 0.15) is 0 Å². The van der Waals surface area contributed by atoms with Gasteiger partial charge in [-0.15, -0.1) is 0 Å². The highest BCUT2D eigenvalue weighted by atomic mass is 16.5. The van der Waals surface area contributed by atoms with Crippen LogP contribution >= 0.6 is 0 Å². The second-order valence-electron chi connectivity index (χ2n) is 4.04. The minimum absolute atomic E-state index is 0.239. The van der Waals surface area contributed by atoms with Crippen LogP contribution in [0.4, 0.5) is 0 Å². The van der Waals surface area contributed by atoms with Gasteiger partial charge in [-0.2, -0.15) is 0 Å². The first kappa shape index (κ1) is 13.8. The monoisotopic (exact) mass is 237 g/mol. The molecule has 0 unspecified atom stereocenters. The lowest BCUT2D eigenvalue weighted by Crippen LogP contribution is -2.16. The van der Waals surface area contributed by atoms with Crippen LogP contribution in [0.3, 0.4) is 0 Å². The Kier molecular flexibility index (Phi) is 5.84. The lowest BCUT2D eigenvalue weighted by atomic mass is 10.1. The van der Waals surface area contributed by atoms with E-state index in [1.807, 2.05) is 18.2 Å². The maximum absolute atomic E-state index is 6.04. The molecule has 0 radical (unpaired) electrons. The number of methoxy groups -OCH3 is 1. The van der Waals surface area contributed by atoms with Crippen LogP contribution in [0.15, 0.2) is 18.2 Å². The molecule has 0 aromatic heterocycles. The molecule has 1 aromatic rings. The van der Waals surface area contributed by atoms with Gasteiger partial charge in [-0.3, -0.25) is 0 Å². The van der Waals surface area contributed by atoms with Crippen LogP contribution in [0.25, 0.3) is 0 Å². The summed E-state index contributed by atoms with van der Waals surface area (Å²) in [5, 5.41) is 0. The predicted molar refractivity (Wildman–Crippen MR) is 70.8 cm³/mol. The van der Waals surface area contributed by atoms with Crippen LogP contribution in [0, 0.1) is 0 Å². The van der Waals surface area contributed by atoms with E-state index >= 15 is 0 Å². The van der Waals surface area contributed by atoms with Crippen molar-refractivity contribution in [1.82, 2.24) is 0 Å². The zero-order valence-corrected chi connectivity index (χ0v) is 11.0. The van der Waals surface area contributed by atoms with E-state index in [-0.39, 0.29) is 6.10 Å². The van der Waals surface area contributed by atoms with Gasteiger partial charge in [0.25, 0.3) is 0 Å². The molecule has 96 valence electrons. The molecule has 0 atom stereocenters. The van der Waals surface area contributed by atoms with E-state index in [1.54, 1.807) is 7.11 Å². The Morgan fingerprint density at radius 3 is 2.47 bits per heavy atom.